The number of methoxy groups -OCH3 is 1. The van der Waals surface area contributed by atoms with Gasteiger partial charge in [-0.1, -0.05) is 42.5 Å². The molecule has 2 N–H and O–H groups in total. The second kappa shape index (κ2) is 12.0. The predicted octanol–water partition coefficient (Wildman–Crippen LogP) is 2.98. The van der Waals surface area contributed by atoms with Gasteiger partial charge in [0.25, 0.3) is 11.6 Å². The van der Waals surface area contributed by atoms with Crippen molar-refractivity contribution >= 4 is 38.9 Å². The number of sulfonamides is 1. The van der Waals surface area contributed by atoms with Crippen LogP contribution >= 0.6 is 0 Å². The third-order valence-electron chi connectivity index (χ3n) is 5.32. The Bertz CT molecular complexity index is 1400. The lowest BCUT2D eigenvalue weighted by Crippen LogP contribution is -2.38. The lowest BCUT2D eigenvalue weighted by molar-refractivity contribution is -0.384. The Morgan fingerprint density at radius 2 is 1.70 bits per heavy atom. The molecule has 0 aromatic heterocycles. The van der Waals surface area contributed by atoms with E-state index < -0.39 is 33.3 Å². The molecule has 11 nitrogen and oxygen atoms in total. The minimum Gasteiger partial charge on any atom is -0.495 e. The summed E-state index contributed by atoms with van der Waals surface area (Å²) in [6.07, 6.45) is 1.49. The number of carbonyl (C=O) groups is 2. The maximum Gasteiger partial charge on any atom is 0.271 e. The van der Waals surface area contributed by atoms with Crippen LogP contribution in [0.3, 0.4) is 0 Å². The lowest BCUT2D eigenvalue weighted by Gasteiger charge is -2.23. The van der Waals surface area contributed by atoms with Crippen molar-refractivity contribution in [3.8, 4) is 5.75 Å². The molecule has 3 rings (SSSR count). The average molecular weight is 527 g/mol. The summed E-state index contributed by atoms with van der Waals surface area (Å²) in [5.41, 5.74) is 0.900. The number of non-ortho nitro benzene ring substituents is 1. The molecule has 0 aliphatic heterocycles. The Morgan fingerprint density at radius 1 is 1.03 bits per heavy atom. The largest absolute Gasteiger partial charge is 0.495 e. The summed E-state index contributed by atoms with van der Waals surface area (Å²) in [5.74, 6) is -1.14. The number of benzene rings is 3. The molecule has 0 aliphatic carbocycles. The number of nitro groups is 1. The summed E-state index contributed by atoms with van der Waals surface area (Å²) in [7, 11) is -2.78. The van der Waals surface area contributed by atoms with Gasteiger partial charge in [0, 0.05) is 18.7 Å². The number of amides is 2. The third kappa shape index (κ3) is 7.27. The zero-order valence-corrected chi connectivity index (χ0v) is 21.0. The molecule has 0 fully saturated rings. The van der Waals surface area contributed by atoms with Crippen molar-refractivity contribution in [1.82, 2.24) is 5.32 Å². The Hall–Kier alpha value is -4.45. The van der Waals surface area contributed by atoms with Gasteiger partial charge in [-0.2, -0.15) is 0 Å². The average Bonchev–Trinajstić information content (AvgIpc) is 2.87. The van der Waals surface area contributed by atoms with Crippen LogP contribution in [-0.2, 0) is 21.2 Å². The minimum atomic E-state index is -4.05. The molecule has 0 saturated heterocycles. The highest BCUT2D eigenvalue weighted by molar-refractivity contribution is 7.92. The second-order valence-corrected chi connectivity index (χ2v) is 9.87. The van der Waals surface area contributed by atoms with E-state index in [-0.39, 0.29) is 28.4 Å². The molecule has 3 aromatic carbocycles. The third-order valence-corrected chi connectivity index (χ3v) is 6.44. The molecule has 0 atom stereocenters. The molecule has 0 bridgehead atoms. The quantitative estimate of drug-likeness (QED) is 0.288. The van der Waals surface area contributed by atoms with Gasteiger partial charge in [-0.15, -0.1) is 0 Å². The van der Waals surface area contributed by atoms with Gasteiger partial charge in [0.2, 0.25) is 15.9 Å². The van der Waals surface area contributed by atoms with Gasteiger partial charge in [-0.05, 0) is 30.2 Å². The molecule has 0 saturated carbocycles. The van der Waals surface area contributed by atoms with E-state index in [9.17, 15) is 28.1 Å². The van der Waals surface area contributed by atoms with Gasteiger partial charge in [0.05, 0.1) is 29.5 Å². The van der Waals surface area contributed by atoms with Crippen LogP contribution in [0.5, 0.6) is 5.75 Å². The van der Waals surface area contributed by atoms with Crippen LogP contribution in [0.1, 0.15) is 15.9 Å². The number of hydrogen-bond donors (Lipinski definition) is 2. The van der Waals surface area contributed by atoms with Crippen LogP contribution in [0, 0.1) is 10.1 Å². The maximum absolute atomic E-state index is 12.9. The van der Waals surface area contributed by atoms with Gasteiger partial charge >= 0.3 is 0 Å². The fourth-order valence-corrected chi connectivity index (χ4v) is 4.39. The molecule has 2 amide bonds. The summed E-state index contributed by atoms with van der Waals surface area (Å²) in [6, 6.07) is 19.3. The number of para-hydroxylation sites is 1. The van der Waals surface area contributed by atoms with E-state index in [1.54, 1.807) is 12.1 Å². The summed E-state index contributed by atoms with van der Waals surface area (Å²) < 4.78 is 30.9. The minimum absolute atomic E-state index is 0.0296. The number of nitrogens with zero attached hydrogens (tertiary/aromatic N) is 2. The SMILES string of the molecule is COc1ccc([N+](=O)[O-])cc1N(CC(=O)Nc1ccccc1C(=O)NCCc1ccccc1)S(C)(=O)=O. The van der Waals surface area contributed by atoms with Crippen molar-refractivity contribution < 1.29 is 27.7 Å². The van der Waals surface area contributed by atoms with Crippen LogP contribution in [0.25, 0.3) is 0 Å². The Balaban J connectivity index is 1.77. The van der Waals surface area contributed by atoms with Crippen molar-refractivity contribution in [2.45, 2.75) is 6.42 Å². The molecule has 3 aromatic rings. The number of nitrogens with one attached hydrogen (secondary N) is 2. The smallest absolute Gasteiger partial charge is 0.271 e. The van der Waals surface area contributed by atoms with Gasteiger partial charge < -0.3 is 15.4 Å². The first-order chi connectivity index (χ1) is 17.6. The topological polar surface area (TPSA) is 148 Å². The zero-order chi connectivity index (χ0) is 27.0. The molecule has 194 valence electrons. The highest BCUT2D eigenvalue weighted by atomic mass is 32.2. The first-order valence-corrected chi connectivity index (χ1v) is 13.0. The number of rotatable bonds is 11. The van der Waals surface area contributed by atoms with E-state index in [4.69, 9.17) is 4.74 Å². The maximum atomic E-state index is 12.9. The van der Waals surface area contributed by atoms with E-state index in [0.717, 1.165) is 24.0 Å². The zero-order valence-electron chi connectivity index (χ0n) is 20.2. The van der Waals surface area contributed by atoms with Crippen molar-refractivity contribution in [2.75, 3.05) is 36.1 Å². The fourth-order valence-electron chi connectivity index (χ4n) is 3.54. The van der Waals surface area contributed by atoms with Crippen LogP contribution in [0.15, 0.2) is 72.8 Å². The molecule has 37 heavy (non-hydrogen) atoms. The highest BCUT2D eigenvalue weighted by Crippen LogP contribution is 2.33. The molecular formula is C25H26N4O7S. The number of anilines is 2. The monoisotopic (exact) mass is 526 g/mol. The van der Waals surface area contributed by atoms with Crippen molar-refractivity contribution in [3.05, 3.63) is 94.0 Å². The van der Waals surface area contributed by atoms with E-state index in [1.165, 1.54) is 25.3 Å². The van der Waals surface area contributed by atoms with E-state index in [0.29, 0.717) is 17.3 Å². The van der Waals surface area contributed by atoms with Gasteiger partial charge in [-0.25, -0.2) is 8.42 Å². The summed E-state index contributed by atoms with van der Waals surface area (Å²) in [6.45, 7) is -0.333. The molecule has 0 radical (unpaired) electrons. The van der Waals surface area contributed by atoms with Crippen LogP contribution in [-0.4, -0.2) is 51.6 Å². The van der Waals surface area contributed by atoms with Gasteiger partial charge in [-0.3, -0.25) is 24.0 Å². The van der Waals surface area contributed by atoms with E-state index in [1.807, 2.05) is 30.3 Å². The number of nitro benzene ring substituents is 1. The van der Waals surface area contributed by atoms with Crippen LogP contribution in [0.2, 0.25) is 0 Å². The molecule has 0 aliphatic rings. The lowest BCUT2D eigenvalue weighted by atomic mass is 10.1. The van der Waals surface area contributed by atoms with Gasteiger partial charge in [0.15, 0.2) is 0 Å². The number of ether oxygens (including phenoxy) is 1. The van der Waals surface area contributed by atoms with Crippen molar-refractivity contribution in [2.24, 2.45) is 0 Å². The molecule has 0 spiro atoms. The van der Waals surface area contributed by atoms with E-state index >= 15 is 0 Å². The first-order valence-electron chi connectivity index (χ1n) is 11.1. The van der Waals surface area contributed by atoms with Crippen molar-refractivity contribution in [3.63, 3.8) is 0 Å². The normalized spacial score (nSPS) is 10.9. The number of hydrogen-bond acceptors (Lipinski definition) is 7. The summed E-state index contributed by atoms with van der Waals surface area (Å²) in [4.78, 5) is 36.2. The van der Waals surface area contributed by atoms with Crippen LogP contribution < -0.4 is 19.7 Å². The molecule has 0 unspecified atom stereocenters. The Morgan fingerprint density at radius 3 is 2.35 bits per heavy atom. The molecular weight excluding hydrogens is 500 g/mol. The Kier molecular flexibility index (Phi) is 8.80. The standard InChI is InChI=1S/C25H26N4O7S/c1-36-23-13-12-19(29(32)33)16-22(23)28(37(2,34)35)17-24(30)27-21-11-7-6-10-20(21)25(31)26-15-14-18-8-4-3-5-9-18/h3-13,16H,14-15,17H2,1-2H3,(H,26,31)(H,27,30). The fraction of sp³-hybridized carbons (Fsp3) is 0.200. The Labute approximate surface area is 214 Å². The van der Waals surface area contributed by atoms with Crippen LogP contribution in [0.4, 0.5) is 17.1 Å². The predicted molar refractivity (Wildman–Crippen MR) is 139 cm³/mol. The second-order valence-electron chi connectivity index (χ2n) is 7.97. The summed E-state index contributed by atoms with van der Waals surface area (Å²) in [5, 5.41) is 16.6. The molecule has 0 heterocycles. The number of carbonyl (C=O) groups excluding carboxylic acids is 2. The summed E-state index contributed by atoms with van der Waals surface area (Å²) >= 11 is 0. The molecule has 12 heteroatoms. The highest BCUT2D eigenvalue weighted by Gasteiger charge is 2.26. The van der Waals surface area contributed by atoms with E-state index in [2.05, 4.69) is 10.6 Å². The van der Waals surface area contributed by atoms with Gasteiger partial charge in [0.1, 0.15) is 18.0 Å². The first kappa shape index (κ1) is 27.1. The van der Waals surface area contributed by atoms with Crippen molar-refractivity contribution in [1.29, 1.82) is 0 Å².